The maximum atomic E-state index is 12.3. The van der Waals surface area contributed by atoms with Crippen LogP contribution in [0.15, 0.2) is 42.6 Å². The molecule has 2 atom stereocenters. The molecule has 5 rings (SSSR count). The van der Waals surface area contributed by atoms with E-state index in [1.807, 2.05) is 23.2 Å². The van der Waals surface area contributed by atoms with Crippen molar-refractivity contribution in [3.8, 4) is 5.75 Å². The number of carbonyl (C=O) groups is 2. The van der Waals surface area contributed by atoms with Crippen LogP contribution >= 0.6 is 0 Å². The summed E-state index contributed by atoms with van der Waals surface area (Å²) in [6, 6.07) is 11.7. The first kappa shape index (κ1) is 22.5. The van der Waals surface area contributed by atoms with Crippen molar-refractivity contribution in [2.45, 2.75) is 51.2 Å². The highest BCUT2D eigenvalue weighted by atomic mass is 16.5. The van der Waals surface area contributed by atoms with E-state index < -0.39 is 5.97 Å². The van der Waals surface area contributed by atoms with E-state index in [0.717, 1.165) is 59.2 Å². The van der Waals surface area contributed by atoms with Crippen LogP contribution in [0.5, 0.6) is 5.75 Å². The van der Waals surface area contributed by atoms with Crippen LogP contribution in [-0.4, -0.2) is 58.0 Å². The summed E-state index contributed by atoms with van der Waals surface area (Å²) in [7, 11) is 1.72. The molecule has 178 valence electrons. The number of aromatic amines is 1. The Hall–Kier alpha value is -3.32. The van der Waals surface area contributed by atoms with Crippen molar-refractivity contribution in [1.82, 2.24) is 14.8 Å². The van der Waals surface area contributed by atoms with Crippen LogP contribution in [0.2, 0.25) is 0 Å². The zero-order valence-electron chi connectivity index (χ0n) is 19.9. The highest BCUT2D eigenvalue weighted by Crippen LogP contribution is 2.47. The summed E-state index contributed by atoms with van der Waals surface area (Å²) in [6.45, 7) is 5.99. The molecule has 0 radical (unpaired) electrons. The Morgan fingerprint density at radius 1 is 1.21 bits per heavy atom. The third-order valence-electron chi connectivity index (χ3n) is 7.87. The molecule has 0 saturated carbocycles. The molecule has 2 fully saturated rings. The molecule has 1 amide bonds. The first-order valence-electron chi connectivity index (χ1n) is 11.8. The Morgan fingerprint density at radius 3 is 2.65 bits per heavy atom. The molecule has 7 heteroatoms. The molecule has 3 aromatic rings. The predicted molar refractivity (Wildman–Crippen MR) is 130 cm³/mol. The second-order valence-electron chi connectivity index (χ2n) is 9.59. The molecule has 1 aromatic heterocycles. The molecule has 2 aromatic carbocycles. The van der Waals surface area contributed by atoms with Crippen LogP contribution in [0.25, 0.3) is 10.9 Å². The zero-order valence-corrected chi connectivity index (χ0v) is 19.9. The number of rotatable bonds is 5. The summed E-state index contributed by atoms with van der Waals surface area (Å²) >= 11 is 0. The van der Waals surface area contributed by atoms with Crippen LogP contribution in [0.3, 0.4) is 0 Å². The number of hydrogen-bond acceptors (Lipinski definition) is 4. The number of carbonyl (C=O) groups excluding carboxylic acids is 1. The first-order chi connectivity index (χ1) is 16.3. The average molecular weight is 462 g/mol. The Labute approximate surface area is 199 Å². The standard InChI is InChI=1S/C27H31N3O4/c1-17-14-24(34-3)23(22-8-11-28-25(17)22)16-29-12-9-21-15-27(29,10-13-30(21)18(2)31)20-6-4-19(5-7-20)26(32)33/h4-8,11,14,21,28H,9-10,12-13,15-16H2,1-3H3,(H,32,33). The van der Waals surface area contributed by atoms with Gasteiger partial charge in [-0.1, -0.05) is 12.1 Å². The predicted octanol–water partition coefficient (Wildman–Crippen LogP) is 4.30. The minimum Gasteiger partial charge on any atom is -0.496 e. The van der Waals surface area contributed by atoms with E-state index in [9.17, 15) is 14.7 Å². The number of nitrogens with one attached hydrogen (secondary N) is 1. The number of carboxylic acid groups (broad SMARTS) is 1. The maximum absolute atomic E-state index is 12.3. The molecule has 2 aliphatic heterocycles. The average Bonchev–Trinajstić information content (AvgIpc) is 3.33. The van der Waals surface area contributed by atoms with E-state index in [1.165, 1.54) is 0 Å². The van der Waals surface area contributed by atoms with E-state index in [-0.39, 0.29) is 23.1 Å². The van der Waals surface area contributed by atoms with Gasteiger partial charge in [0.1, 0.15) is 5.75 Å². The molecular weight excluding hydrogens is 430 g/mol. The third kappa shape index (κ3) is 3.55. The highest BCUT2D eigenvalue weighted by molar-refractivity contribution is 5.88. The number of amides is 1. The van der Waals surface area contributed by atoms with Crippen molar-refractivity contribution < 1.29 is 19.4 Å². The summed E-state index contributed by atoms with van der Waals surface area (Å²) in [4.78, 5) is 31.6. The largest absolute Gasteiger partial charge is 0.496 e. The minimum atomic E-state index is -0.923. The second kappa shape index (κ2) is 8.47. The van der Waals surface area contributed by atoms with Gasteiger partial charge < -0.3 is 19.7 Å². The number of nitrogens with zero attached hydrogens (tertiary/aromatic N) is 2. The van der Waals surface area contributed by atoms with Crippen LogP contribution in [-0.2, 0) is 16.9 Å². The summed E-state index contributed by atoms with van der Waals surface area (Å²) in [5.74, 6) is 0.0832. The van der Waals surface area contributed by atoms with Crippen molar-refractivity contribution in [2.24, 2.45) is 0 Å². The van der Waals surface area contributed by atoms with Crippen molar-refractivity contribution >= 4 is 22.8 Å². The molecule has 0 aliphatic carbocycles. The Morgan fingerprint density at radius 2 is 1.97 bits per heavy atom. The molecule has 2 aliphatic rings. The van der Waals surface area contributed by atoms with Gasteiger partial charge in [0.05, 0.1) is 18.2 Å². The van der Waals surface area contributed by atoms with Crippen LogP contribution in [0.1, 0.15) is 53.2 Å². The molecular formula is C27H31N3O4. The first-order valence-corrected chi connectivity index (χ1v) is 11.8. The van der Waals surface area contributed by atoms with E-state index >= 15 is 0 Å². The number of piperidine rings is 2. The number of methoxy groups -OCH3 is 1. The number of likely N-dealkylation sites (tertiary alicyclic amines) is 2. The summed E-state index contributed by atoms with van der Waals surface area (Å²) in [6.07, 6.45) is 4.53. The third-order valence-corrected chi connectivity index (χ3v) is 7.87. The van der Waals surface area contributed by atoms with E-state index in [2.05, 4.69) is 28.9 Å². The minimum absolute atomic E-state index is 0.127. The van der Waals surface area contributed by atoms with E-state index in [4.69, 9.17) is 4.74 Å². The summed E-state index contributed by atoms with van der Waals surface area (Å²) in [5, 5.41) is 10.6. The molecule has 2 unspecified atom stereocenters. The van der Waals surface area contributed by atoms with Crippen molar-refractivity contribution in [3.05, 3.63) is 64.8 Å². The van der Waals surface area contributed by atoms with Gasteiger partial charge in [0.2, 0.25) is 5.91 Å². The zero-order chi connectivity index (χ0) is 24.0. The smallest absolute Gasteiger partial charge is 0.335 e. The number of aromatic nitrogens is 1. The Kier molecular flexibility index (Phi) is 5.60. The van der Waals surface area contributed by atoms with Crippen LogP contribution < -0.4 is 4.74 Å². The fraction of sp³-hybridized carbons (Fsp3) is 0.407. The lowest BCUT2D eigenvalue weighted by Gasteiger charge is -2.56. The van der Waals surface area contributed by atoms with Crippen molar-refractivity contribution in [3.63, 3.8) is 0 Å². The van der Waals surface area contributed by atoms with Gasteiger partial charge in [-0.15, -0.1) is 0 Å². The molecule has 2 bridgehead atoms. The number of fused-ring (bicyclic) bond motifs is 3. The molecule has 2 saturated heterocycles. The van der Waals surface area contributed by atoms with Crippen molar-refractivity contribution in [2.75, 3.05) is 20.2 Å². The lowest BCUT2D eigenvalue weighted by Crippen LogP contribution is -2.62. The monoisotopic (exact) mass is 461 g/mol. The fourth-order valence-electron chi connectivity index (χ4n) is 6.14. The highest BCUT2D eigenvalue weighted by Gasteiger charge is 2.49. The Balaban J connectivity index is 1.58. The number of aryl methyl sites for hydroxylation is 1. The van der Waals surface area contributed by atoms with E-state index in [1.54, 1.807) is 26.2 Å². The quantitative estimate of drug-likeness (QED) is 0.592. The van der Waals surface area contributed by atoms with Gasteiger partial charge in [-0.25, -0.2) is 4.79 Å². The molecule has 0 spiro atoms. The second-order valence-corrected chi connectivity index (χ2v) is 9.59. The molecule has 2 N–H and O–H groups in total. The molecule has 7 nitrogen and oxygen atoms in total. The van der Waals surface area contributed by atoms with Gasteiger partial charge in [0, 0.05) is 55.3 Å². The van der Waals surface area contributed by atoms with Gasteiger partial charge >= 0.3 is 5.97 Å². The number of carboxylic acids is 1. The number of aromatic carboxylic acids is 1. The van der Waals surface area contributed by atoms with Gasteiger partial charge in [-0.3, -0.25) is 9.69 Å². The number of benzene rings is 2. The molecule has 34 heavy (non-hydrogen) atoms. The SMILES string of the molecule is COc1cc(C)c2[nH]ccc2c1CN1CCC2CC1(c1ccc(C(=O)O)cc1)CCN2C(C)=O. The van der Waals surface area contributed by atoms with Crippen LogP contribution in [0, 0.1) is 6.92 Å². The van der Waals surface area contributed by atoms with Gasteiger partial charge in [-0.2, -0.15) is 0 Å². The molecule has 3 heterocycles. The topological polar surface area (TPSA) is 85.9 Å². The summed E-state index contributed by atoms with van der Waals surface area (Å²) < 4.78 is 5.82. The lowest BCUT2D eigenvalue weighted by atomic mass is 9.72. The fourth-order valence-corrected chi connectivity index (χ4v) is 6.14. The number of ether oxygens (including phenoxy) is 1. The number of hydrogen-bond donors (Lipinski definition) is 2. The maximum Gasteiger partial charge on any atom is 0.335 e. The Bertz CT molecular complexity index is 1250. The van der Waals surface area contributed by atoms with Crippen molar-refractivity contribution in [1.29, 1.82) is 0 Å². The number of H-pyrrole nitrogens is 1. The van der Waals surface area contributed by atoms with Gasteiger partial charge in [-0.05, 0) is 61.6 Å². The van der Waals surface area contributed by atoms with Gasteiger partial charge in [0.25, 0.3) is 0 Å². The van der Waals surface area contributed by atoms with Gasteiger partial charge in [0.15, 0.2) is 0 Å². The lowest BCUT2D eigenvalue weighted by molar-refractivity contribution is -0.140. The van der Waals surface area contributed by atoms with Crippen LogP contribution in [0.4, 0.5) is 0 Å². The van der Waals surface area contributed by atoms with E-state index in [0.29, 0.717) is 13.1 Å². The normalized spacial score (nSPS) is 22.7. The summed E-state index contributed by atoms with van der Waals surface area (Å²) in [5.41, 5.74) is 4.55.